The Morgan fingerprint density at radius 3 is 2.55 bits per heavy atom. The first-order valence-corrected chi connectivity index (χ1v) is 7.15. The number of anilines is 1. The van der Waals surface area contributed by atoms with Crippen LogP contribution in [0.25, 0.3) is 0 Å². The van der Waals surface area contributed by atoms with Crippen molar-refractivity contribution in [3.8, 4) is 0 Å². The molecule has 2 N–H and O–H groups in total. The Kier molecular flexibility index (Phi) is 4.35. The number of H-pyrrole nitrogens is 1. The van der Waals surface area contributed by atoms with Crippen LogP contribution in [0.4, 0.5) is 5.69 Å². The number of morpholine rings is 1. The van der Waals surface area contributed by atoms with Crippen molar-refractivity contribution in [2.24, 2.45) is 0 Å². The standard InChI is InChI=1S/C16H21N3O/c1-3-16(18-12-15-5-6-17-11-15)4-2-14(1)13-19-7-9-20-10-8-19/h1-6,11,17-18H,7-10,12-13H2. The Labute approximate surface area is 119 Å². The van der Waals surface area contributed by atoms with Crippen LogP contribution in [0.3, 0.4) is 0 Å². The molecule has 0 saturated carbocycles. The van der Waals surface area contributed by atoms with Gasteiger partial charge < -0.3 is 15.0 Å². The lowest BCUT2D eigenvalue weighted by Gasteiger charge is -2.26. The number of benzene rings is 1. The molecule has 0 radical (unpaired) electrons. The van der Waals surface area contributed by atoms with Crippen LogP contribution in [-0.4, -0.2) is 36.2 Å². The Bertz CT molecular complexity index is 501. The third-order valence-electron chi connectivity index (χ3n) is 3.62. The van der Waals surface area contributed by atoms with Gasteiger partial charge in [-0.05, 0) is 29.3 Å². The van der Waals surface area contributed by atoms with Crippen LogP contribution < -0.4 is 5.32 Å². The van der Waals surface area contributed by atoms with Gasteiger partial charge in [0.05, 0.1) is 13.2 Å². The first-order chi connectivity index (χ1) is 9.90. The van der Waals surface area contributed by atoms with Crippen LogP contribution in [0.1, 0.15) is 11.1 Å². The van der Waals surface area contributed by atoms with Gasteiger partial charge in [-0.2, -0.15) is 0 Å². The molecule has 0 atom stereocenters. The fourth-order valence-electron chi connectivity index (χ4n) is 2.42. The van der Waals surface area contributed by atoms with Crippen molar-refractivity contribution in [1.29, 1.82) is 0 Å². The first-order valence-electron chi connectivity index (χ1n) is 7.15. The maximum atomic E-state index is 5.37. The predicted molar refractivity (Wildman–Crippen MR) is 80.7 cm³/mol. The number of nitrogens with zero attached hydrogens (tertiary/aromatic N) is 1. The maximum Gasteiger partial charge on any atom is 0.0594 e. The lowest BCUT2D eigenvalue weighted by atomic mass is 10.2. The van der Waals surface area contributed by atoms with Crippen molar-refractivity contribution in [3.05, 3.63) is 53.9 Å². The SMILES string of the molecule is c1cc(CNc2ccc(CN3CCOCC3)cc2)c[nH]1. The number of ether oxygens (including phenoxy) is 1. The summed E-state index contributed by atoms with van der Waals surface area (Å²) in [6, 6.07) is 10.8. The quantitative estimate of drug-likeness (QED) is 0.877. The van der Waals surface area contributed by atoms with Gasteiger partial charge in [-0.1, -0.05) is 12.1 Å². The van der Waals surface area contributed by atoms with E-state index in [0.29, 0.717) is 0 Å². The second-order valence-electron chi connectivity index (χ2n) is 5.16. The minimum atomic E-state index is 0.853. The molecule has 1 aromatic carbocycles. The van der Waals surface area contributed by atoms with Gasteiger partial charge in [-0.15, -0.1) is 0 Å². The van der Waals surface area contributed by atoms with E-state index in [9.17, 15) is 0 Å². The van der Waals surface area contributed by atoms with E-state index in [-0.39, 0.29) is 0 Å². The molecule has 0 unspecified atom stereocenters. The molecule has 1 saturated heterocycles. The molecule has 4 nitrogen and oxygen atoms in total. The molecule has 106 valence electrons. The van der Waals surface area contributed by atoms with Crippen LogP contribution in [0.5, 0.6) is 0 Å². The molecule has 1 aromatic heterocycles. The highest BCUT2D eigenvalue weighted by atomic mass is 16.5. The number of aromatic amines is 1. The van der Waals surface area contributed by atoms with Gasteiger partial charge in [-0.25, -0.2) is 0 Å². The minimum absolute atomic E-state index is 0.853. The Balaban J connectivity index is 1.51. The van der Waals surface area contributed by atoms with E-state index in [1.54, 1.807) is 0 Å². The Morgan fingerprint density at radius 2 is 1.85 bits per heavy atom. The summed E-state index contributed by atoms with van der Waals surface area (Å²) in [6.45, 7) is 5.65. The molecule has 1 aliphatic heterocycles. The predicted octanol–water partition coefficient (Wildman–Crippen LogP) is 2.46. The van der Waals surface area contributed by atoms with Gasteiger partial charge in [0.15, 0.2) is 0 Å². The van der Waals surface area contributed by atoms with Crippen LogP contribution in [0, 0.1) is 0 Å². The van der Waals surface area contributed by atoms with Crippen molar-refractivity contribution in [3.63, 3.8) is 0 Å². The minimum Gasteiger partial charge on any atom is -0.381 e. The normalized spacial score (nSPS) is 16.2. The second-order valence-corrected chi connectivity index (χ2v) is 5.16. The van der Waals surface area contributed by atoms with Crippen molar-refractivity contribution in [2.75, 3.05) is 31.6 Å². The van der Waals surface area contributed by atoms with E-state index in [2.05, 4.69) is 45.5 Å². The summed E-state index contributed by atoms with van der Waals surface area (Å²) >= 11 is 0. The molecule has 1 fully saturated rings. The number of hydrogen-bond donors (Lipinski definition) is 2. The van der Waals surface area contributed by atoms with Gasteiger partial charge in [0.1, 0.15) is 0 Å². The molecule has 0 aliphatic carbocycles. The molecule has 2 heterocycles. The molecule has 0 spiro atoms. The van der Waals surface area contributed by atoms with Crippen LogP contribution in [0.15, 0.2) is 42.7 Å². The molecule has 3 rings (SSSR count). The zero-order chi connectivity index (χ0) is 13.6. The van der Waals surface area contributed by atoms with Gasteiger partial charge in [-0.3, -0.25) is 4.90 Å². The lowest BCUT2D eigenvalue weighted by molar-refractivity contribution is 0.0342. The van der Waals surface area contributed by atoms with E-state index < -0.39 is 0 Å². The highest BCUT2D eigenvalue weighted by Crippen LogP contribution is 2.13. The Hall–Kier alpha value is -1.78. The number of nitrogens with one attached hydrogen (secondary N) is 2. The van der Waals surface area contributed by atoms with Crippen molar-refractivity contribution >= 4 is 5.69 Å². The second kappa shape index (κ2) is 6.59. The van der Waals surface area contributed by atoms with Crippen LogP contribution >= 0.6 is 0 Å². The smallest absolute Gasteiger partial charge is 0.0594 e. The average Bonchev–Trinajstić information content (AvgIpc) is 3.01. The molecule has 0 bridgehead atoms. The summed E-state index contributed by atoms with van der Waals surface area (Å²) in [4.78, 5) is 5.50. The molecule has 2 aromatic rings. The fraction of sp³-hybridized carbons (Fsp3) is 0.375. The zero-order valence-electron chi connectivity index (χ0n) is 11.6. The van der Waals surface area contributed by atoms with E-state index in [1.807, 2.05) is 12.4 Å². The number of rotatable bonds is 5. The topological polar surface area (TPSA) is 40.3 Å². The van der Waals surface area contributed by atoms with Gasteiger partial charge in [0.2, 0.25) is 0 Å². The molecule has 1 aliphatic rings. The fourth-order valence-corrected chi connectivity index (χ4v) is 2.42. The average molecular weight is 271 g/mol. The van der Waals surface area contributed by atoms with Crippen molar-refractivity contribution in [2.45, 2.75) is 13.1 Å². The summed E-state index contributed by atoms with van der Waals surface area (Å²) in [5, 5.41) is 3.42. The third-order valence-corrected chi connectivity index (χ3v) is 3.62. The molecular formula is C16H21N3O. The molecular weight excluding hydrogens is 250 g/mol. The van der Waals surface area contributed by atoms with E-state index >= 15 is 0 Å². The molecule has 4 heteroatoms. The molecule has 20 heavy (non-hydrogen) atoms. The highest BCUT2D eigenvalue weighted by Gasteiger charge is 2.10. The van der Waals surface area contributed by atoms with Gasteiger partial charge in [0, 0.05) is 44.3 Å². The zero-order valence-corrected chi connectivity index (χ0v) is 11.6. The van der Waals surface area contributed by atoms with Crippen molar-refractivity contribution < 1.29 is 4.74 Å². The van der Waals surface area contributed by atoms with Crippen LogP contribution in [0.2, 0.25) is 0 Å². The number of aromatic nitrogens is 1. The highest BCUT2D eigenvalue weighted by molar-refractivity contribution is 5.45. The monoisotopic (exact) mass is 271 g/mol. The maximum absolute atomic E-state index is 5.37. The van der Waals surface area contributed by atoms with Gasteiger partial charge >= 0.3 is 0 Å². The summed E-state index contributed by atoms with van der Waals surface area (Å²) in [5.74, 6) is 0. The number of hydrogen-bond acceptors (Lipinski definition) is 3. The van der Waals surface area contributed by atoms with E-state index in [0.717, 1.165) is 45.1 Å². The summed E-state index contributed by atoms with van der Waals surface area (Å²) in [6.07, 6.45) is 3.96. The molecule has 0 amide bonds. The summed E-state index contributed by atoms with van der Waals surface area (Å²) in [7, 11) is 0. The Morgan fingerprint density at radius 1 is 1.05 bits per heavy atom. The van der Waals surface area contributed by atoms with Gasteiger partial charge in [0.25, 0.3) is 0 Å². The van der Waals surface area contributed by atoms with E-state index in [4.69, 9.17) is 4.74 Å². The van der Waals surface area contributed by atoms with Crippen LogP contribution in [-0.2, 0) is 17.8 Å². The first kappa shape index (κ1) is 13.2. The van der Waals surface area contributed by atoms with E-state index in [1.165, 1.54) is 11.1 Å². The lowest BCUT2D eigenvalue weighted by Crippen LogP contribution is -2.35. The van der Waals surface area contributed by atoms with Crippen molar-refractivity contribution in [1.82, 2.24) is 9.88 Å². The summed E-state index contributed by atoms with van der Waals surface area (Å²) < 4.78 is 5.37. The summed E-state index contributed by atoms with van der Waals surface area (Å²) in [5.41, 5.74) is 3.79. The third kappa shape index (κ3) is 3.62. The largest absolute Gasteiger partial charge is 0.381 e.